The third-order valence-corrected chi connectivity index (χ3v) is 6.04. The molecule has 3 aromatic rings. The van der Waals surface area contributed by atoms with Crippen molar-refractivity contribution in [3.8, 4) is 5.69 Å². The van der Waals surface area contributed by atoms with Crippen LogP contribution in [0, 0.1) is 5.92 Å². The number of hydrogen-bond donors (Lipinski definition) is 1. The topological polar surface area (TPSA) is 76.9 Å². The number of benzene rings is 2. The fourth-order valence-electron chi connectivity index (χ4n) is 3.50. The summed E-state index contributed by atoms with van der Waals surface area (Å²) in [6.45, 7) is 5.87. The average molecular weight is 505 g/mol. The predicted molar refractivity (Wildman–Crippen MR) is 129 cm³/mol. The molecule has 0 aliphatic rings. The van der Waals surface area contributed by atoms with E-state index in [9.17, 15) is 22.8 Å². The standard InChI is InChI=1S/C25H27F3N4O2S/c1-16(2)13-18-7-9-19(10-8-18)22(34)15-35-24-31-30-23(11-12-29-17(3)33)32(24)21-6-4-5-20(14-21)25(26,27)28/h4-10,14,16H,11-13,15H2,1-3H3,(H,29,33). The Morgan fingerprint density at radius 2 is 1.80 bits per heavy atom. The lowest BCUT2D eigenvalue weighted by Crippen LogP contribution is -2.23. The first-order valence-electron chi connectivity index (χ1n) is 11.2. The molecule has 0 aliphatic heterocycles. The molecule has 2 aromatic carbocycles. The quantitative estimate of drug-likeness (QED) is 0.306. The van der Waals surface area contributed by atoms with Gasteiger partial charge in [-0.15, -0.1) is 10.2 Å². The number of aromatic nitrogens is 3. The zero-order valence-corrected chi connectivity index (χ0v) is 20.5. The van der Waals surface area contributed by atoms with Crippen LogP contribution in [0.3, 0.4) is 0 Å². The zero-order valence-electron chi connectivity index (χ0n) is 19.7. The molecule has 0 fully saturated rings. The Morgan fingerprint density at radius 3 is 2.43 bits per heavy atom. The second-order valence-electron chi connectivity index (χ2n) is 8.52. The third-order valence-electron chi connectivity index (χ3n) is 5.11. The lowest BCUT2D eigenvalue weighted by molar-refractivity contribution is -0.137. The first-order valence-corrected chi connectivity index (χ1v) is 12.1. The van der Waals surface area contributed by atoms with Crippen molar-refractivity contribution in [2.45, 2.75) is 44.9 Å². The maximum Gasteiger partial charge on any atom is 0.416 e. The van der Waals surface area contributed by atoms with Crippen molar-refractivity contribution in [1.82, 2.24) is 20.1 Å². The minimum atomic E-state index is -4.51. The Kier molecular flexibility index (Phi) is 8.71. The van der Waals surface area contributed by atoms with Gasteiger partial charge in [-0.2, -0.15) is 13.2 Å². The number of alkyl halides is 3. The van der Waals surface area contributed by atoms with E-state index in [-0.39, 0.29) is 36.1 Å². The molecule has 0 atom stereocenters. The number of hydrogen-bond acceptors (Lipinski definition) is 5. The van der Waals surface area contributed by atoms with Crippen LogP contribution in [0.2, 0.25) is 0 Å². The van der Waals surface area contributed by atoms with Crippen LogP contribution in [-0.2, 0) is 23.8 Å². The van der Waals surface area contributed by atoms with Crippen molar-refractivity contribution in [2.75, 3.05) is 12.3 Å². The number of halogens is 3. The van der Waals surface area contributed by atoms with E-state index in [2.05, 4.69) is 29.4 Å². The zero-order chi connectivity index (χ0) is 25.6. The molecule has 0 radical (unpaired) electrons. The molecule has 1 heterocycles. The van der Waals surface area contributed by atoms with E-state index in [1.165, 1.54) is 23.6 Å². The fourth-order valence-corrected chi connectivity index (χ4v) is 4.36. The second-order valence-corrected chi connectivity index (χ2v) is 9.46. The van der Waals surface area contributed by atoms with Gasteiger partial charge in [-0.05, 0) is 36.1 Å². The van der Waals surface area contributed by atoms with E-state index < -0.39 is 11.7 Å². The van der Waals surface area contributed by atoms with Gasteiger partial charge in [0.25, 0.3) is 0 Å². The van der Waals surface area contributed by atoms with Crippen molar-refractivity contribution in [3.63, 3.8) is 0 Å². The number of nitrogens with zero attached hydrogens (tertiary/aromatic N) is 3. The highest BCUT2D eigenvalue weighted by Crippen LogP contribution is 2.32. The van der Waals surface area contributed by atoms with Crippen molar-refractivity contribution < 1.29 is 22.8 Å². The van der Waals surface area contributed by atoms with E-state index in [4.69, 9.17) is 0 Å². The van der Waals surface area contributed by atoms with Crippen molar-refractivity contribution in [1.29, 1.82) is 0 Å². The molecular weight excluding hydrogens is 477 g/mol. The summed E-state index contributed by atoms with van der Waals surface area (Å²) in [5.74, 6) is 0.589. The Hall–Kier alpha value is -3.14. The van der Waals surface area contributed by atoms with Gasteiger partial charge in [0, 0.05) is 31.1 Å². The molecule has 0 aliphatic carbocycles. The van der Waals surface area contributed by atoms with Crippen molar-refractivity contribution >= 4 is 23.5 Å². The lowest BCUT2D eigenvalue weighted by atomic mass is 10.0. The van der Waals surface area contributed by atoms with E-state index >= 15 is 0 Å². The normalized spacial score (nSPS) is 11.6. The molecule has 0 unspecified atom stereocenters. The van der Waals surface area contributed by atoms with Gasteiger partial charge >= 0.3 is 6.18 Å². The fraction of sp³-hybridized carbons (Fsp3) is 0.360. The minimum absolute atomic E-state index is 0.0479. The third kappa shape index (κ3) is 7.42. The molecule has 6 nitrogen and oxygen atoms in total. The smallest absolute Gasteiger partial charge is 0.356 e. The Balaban J connectivity index is 1.83. The summed E-state index contributed by atoms with van der Waals surface area (Å²) >= 11 is 1.10. The first-order chi connectivity index (χ1) is 16.5. The second kappa shape index (κ2) is 11.5. The maximum absolute atomic E-state index is 13.3. The summed E-state index contributed by atoms with van der Waals surface area (Å²) in [6.07, 6.45) is -3.33. The number of amides is 1. The van der Waals surface area contributed by atoms with Crippen LogP contribution >= 0.6 is 11.8 Å². The minimum Gasteiger partial charge on any atom is -0.356 e. The highest BCUT2D eigenvalue weighted by atomic mass is 32.2. The summed E-state index contributed by atoms with van der Waals surface area (Å²) in [5, 5.41) is 11.2. The van der Waals surface area contributed by atoms with Crippen LogP contribution in [0.1, 0.15) is 48.1 Å². The highest BCUT2D eigenvalue weighted by Gasteiger charge is 2.31. The van der Waals surface area contributed by atoms with E-state index in [0.29, 0.717) is 22.5 Å². The van der Waals surface area contributed by atoms with Gasteiger partial charge in [-0.3, -0.25) is 14.2 Å². The monoisotopic (exact) mass is 504 g/mol. The van der Waals surface area contributed by atoms with Gasteiger partial charge in [-0.1, -0.05) is 55.9 Å². The van der Waals surface area contributed by atoms with E-state index in [0.717, 1.165) is 35.9 Å². The molecule has 1 aromatic heterocycles. The van der Waals surface area contributed by atoms with Crippen molar-refractivity contribution in [2.24, 2.45) is 5.92 Å². The number of ketones is 1. The molecule has 1 N–H and O–H groups in total. The summed E-state index contributed by atoms with van der Waals surface area (Å²) in [6, 6.07) is 12.3. The molecule has 0 saturated carbocycles. The van der Waals surface area contributed by atoms with Gasteiger partial charge in [0.1, 0.15) is 5.82 Å². The van der Waals surface area contributed by atoms with Crippen LogP contribution in [0.15, 0.2) is 53.7 Å². The summed E-state index contributed by atoms with van der Waals surface area (Å²) in [7, 11) is 0. The largest absolute Gasteiger partial charge is 0.416 e. The van der Waals surface area contributed by atoms with Gasteiger partial charge in [0.05, 0.1) is 11.3 Å². The molecule has 186 valence electrons. The number of carbonyl (C=O) groups excluding carboxylic acids is 2. The van der Waals surface area contributed by atoms with Crippen LogP contribution < -0.4 is 5.32 Å². The Morgan fingerprint density at radius 1 is 1.09 bits per heavy atom. The van der Waals surface area contributed by atoms with Crippen molar-refractivity contribution in [3.05, 3.63) is 71.0 Å². The average Bonchev–Trinajstić information content (AvgIpc) is 3.19. The summed E-state index contributed by atoms with van der Waals surface area (Å²) < 4.78 is 41.4. The predicted octanol–water partition coefficient (Wildman–Crippen LogP) is 5.14. The van der Waals surface area contributed by atoms with Gasteiger partial charge in [0.2, 0.25) is 5.91 Å². The SMILES string of the molecule is CC(=O)NCCc1nnc(SCC(=O)c2ccc(CC(C)C)cc2)n1-c1cccc(C(F)(F)F)c1. The van der Waals surface area contributed by atoms with E-state index in [1.54, 1.807) is 12.1 Å². The summed E-state index contributed by atoms with van der Waals surface area (Å²) in [4.78, 5) is 24.0. The van der Waals surface area contributed by atoms with Gasteiger partial charge < -0.3 is 5.32 Å². The molecular formula is C25H27F3N4O2S. The number of thioether (sulfide) groups is 1. The maximum atomic E-state index is 13.3. The number of rotatable bonds is 10. The molecule has 10 heteroatoms. The molecule has 0 spiro atoms. The lowest BCUT2D eigenvalue weighted by Gasteiger charge is -2.13. The number of carbonyl (C=O) groups is 2. The van der Waals surface area contributed by atoms with Crippen LogP contribution in [0.5, 0.6) is 0 Å². The first kappa shape index (κ1) is 26.5. The summed E-state index contributed by atoms with van der Waals surface area (Å²) in [5.41, 5.74) is 1.14. The van der Waals surface area contributed by atoms with Gasteiger partial charge in [0.15, 0.2) is 10.9 Å². The molecule has 1 amide bonds. The van der Waals surface area contributed by atoms with Crippen LogP contribution in [0.25, 0.3) is 5.69 Å². The number of nitrogens with one attached hydrogen (secondary N) is 1. The molecule has 3 rings (SSSR count). The molecule has 0 bridgehead atoms. The number of Topliss-reactive ketones (excluding diaryl/α,β-unsaturated/α-hetero) is 1. The molecule has 35 heavy (non-hydrogen) atoms. The van der Waals surface area contributed by atoms with Crippen LogP contribution in [0.4, 0.5) is 13.2 Å². The Bertz CT molecular complexity index is 1170. The molecule has 0 saturated heterocycles. The van der Waals surface area contributed by atoms with Crippen LogP contribution in [-0.4, -0.2) is 38.8 Å². The highest BCUT2D eigenvalue weighted by molar-refractivity contribution is 7.99. The van der Waals surface area contributed by atoms with Gasteiger partial charge in [-0.25, -0.2) is 0 Å². The van der Waals surface area contributed by atoms with E-state index in [1.807, 2.05) is 12.1 Å². The Labute approximate surface area is 206 Å².